The summed E-state index contributed by atoms with van der Waals surface area (Å²) in [5.74, 6) is 0. The molecule has 0 unspecified atom stereocenters. The van der Waals surface area contributed by atoms with Crippen LogP contribution >= 0.6 is 34.8 Å². The Kier molecular flexibility index (Phi) is 4.86. The highest BCUT2D eigenvalue weighted by atomic mass is 35.5. The molecule has 8 heteroatoms. The molecule has 0 spiro atoms. The van der Waals surface area contributed by atoms with E-state index in [-0.39, 0.29) is 32.7 Å². The number of aromatic nitrogens is 1. The van der Waals surface area contributed by atoms with Gasteiger partial charge in [0.1, 0.15) is 5.69 Å². The molecule has 0 aliphatic rings. The Morgan fingerprint density at radius 2 is 1.73 bits per heavy atom. The number of hydrogen-bond donors (Lipinski definition) is 0. The van der Waals surface area contributed by atoms with Gasteiger partial charge in [-0.3, -0.25) is 0 Å². The minimum Gasteiger partial charge on any atom is -0.243 e. The largest absolute Gasteiger partial charge is 0.433 e. The molecule has 0 saturated heterocycles. The Morgan fingerprint density at radius 1 is 1.05 bits per heavy atom. The molecule has 22 heavy (non-hydrogen) atoms. The third-order valence-corrected chi connectivity index (χ3v) is 4.12. The smallest absolute Gasteiger partial charge is 0.243 e. The fraction of sp³-hybridized carbons (Fsp3) is 0.143. The minimum atomic E-state index is -4.61. The molecule has 0 bridgehead atoms. The highest BCUT2D eigenvalue weighted by molar-refractivity contribution is 6.49. The second kappa shape index (κ2) is 6.33. The number of pyridine rings is 1. The molecule has 0 saturated carbocycles. The second-order valence-electron chi connectivity index (χ2n) is 4.26. The van der Waals surface area contributed by atoms with Gasteiger partial charge < -0.3 is 0 Å². The van der Waals surface area contributed by atoms with Crippen molar-refractivity contribution in [3.05, 3.63) is 50.6 Å². The van der Waals surface area contributed by atoms with E-state index < -0.39 is 11.9 Å². The molecule has 0 aliphatic carbocycles. The van der Waals surface area contributed by atoms with E-state index in [0.29, 0.717) is 5.56 Å². The van der Waals surface area contributed by atoms with Crippen LogP contribution in [-0.2, 0) is 12.6 Å². The zero-order valence-corrected chi connectivity index (χ0v) is 12.9. The van der Waals surface area contributed by atoms with Crippen LogP contribution in [0.25, 0.3) is 11.3 Å². The van der Waals surface area contributed by atoms with Gasteiger partial charge in [-0.25, -0.2) is 4.98 Å². The molecule has 0 amide bonds. The van der Waals surface area contributed by atoms with Crippen molar-refractivity contribution in [2.45, 2.75) is 12.6 Å². The van der Waals surface area contributed by atoms with E-state index in [1.54, 1.807) is 0 Å². The van der Waals surface area contributed by atoms with Crippen LogP contribution in [-0.4, -0.2) is 4.98 Å². The fourth-order valence-electron chi connectivity index (χ4n) is 1.82. The van der Waals surface area contributed by atoms with Crippen molar-refractivity contribution in [1.29, 1.82) is 5.26 Å². The lowest BCUT2D eigenvalue weighted by molar-refractivity contribution is -0.141. The lowest BCUT2D eigenvalue weighted by atomic mass is 10.0. The van der Waals surface area contributed by atoms with Crippen molar-refractivity contribution in [3.8, 4) is 17.3 Å². The monoisotopic (exact) mass is 364 g/mol. The van der Waals surface area contributed by atoms with Crippen molar-refractivity contribution in [2.24, 2.45) is 0 Å². The molecular weight excluding hydrogens is 360 g/mol. The number of nitrogens with zero attached hydrogens (tertiary/aromatic N) is 2. The first-order valence-corrected chi connectivity index (χ1v) is 6.97. The molecule has 0 N–H and O–H groups in total. The Labute approximate surface area is 139 Å². The number of alkyl halides is 3. The van der Waals surface area contributed by atoms with E-state index >= 15 is 0 Å². The molecule has 2 rings (SSSR count). The van der Waals surface area contributed by atoms with E-state index in [1.807, 2.05) is 6.07 Å². The number of rotatable bonds is 2. The standard InChI is InChI=1S/C14H6Cl3F3N2/c15-9-3-2-8(11(16)12(9)17)13-7(5-6-21)1-4-10(22-13)14(18,19)20/h1-4H,5H2. The van der Waals surface area contributed by atoms with E-state index in [0.717, 1.165) is 6.07 Å². The number of benzene rings is 1. The van der Waals surface area contributed by atoms with Gasteiger partial charge in [0.15, 0.2) is 0 Å². The zero-order chi connectivity index (χ0) is 16.5. The molecule has 2 aromatic rings. The number of halogens is 6. The molecule has 0 atom stereocenters. The van der Waals surface area contributed by atoms with Crippen molar-refractivity contribution < 1.29 is 13.2 Å². The SMILES string of the molecule is N#CCc1ccc(C(F)(F)F)nc1-c1ccc(Cl)c(Cl)c1Cl. The Balaban J connectivity index is 2.72. The summed E-state index contributed by atoms with van der Waals surface area (Å²) < 4.78 is 38.5. The van der Waals surface area contributed by atoms with Gasteiger partial charge in [0.25, 0.3) is 0 Å². The first-order chi connectivity index (χ1) is 10.3. The van der Waals surface area contributed by atoms with Crippen molar-refractivity contribution in [3.63, 3.8) is 0 Å². The van der Waals surface area contributed by atoms with Crippen molar-refractivity contribution in [2.75, 3.05) is 0 Å². The normalized spacial score (nSPS) is 11.3. The summed E-state index contributed by atoms with van der Waals surface area (Å²) in [6, 6.07) is 6.72. The van der Waals surface area contributed by atoms with Crippen LogP contribution < -0.4 is 0 Å². The van der Waals surface area contributed by atoms with Crippen LogP contribution in [0, 0.1) is 11.3 Å². The minimum absolute atomic E-state index is 0.0137. The summed E-state index contributed by atoms with van der Waals surface area (Å²) >= 11 is 17.8. The van der Waals surface area contributed by atoms with Crippen LogP contribution in [0.1, 0.15) is 11.3 Å². The Hall–Kier alpha value is -1.48. The molecule has 1 heterocycles. The van der Waals surface area contributed by atoms with Gasteiger partial charge in [-0.05, 0) is 23.8 Å². The summed E-state index contributed by atoms with van der Waals surface area (Å²) in [6.45, 7) is 0. The highest BCUT2D eigenvalue weighted by Gasteiger charge is 2.33. The van der Waals surface area contributed by atoms with Crippen LogP contribution in [0.5, 0.6) is 0 Å². The van der Waals surface area contributed by atoms with Gasteiger partial charge in [-0.2, -0.15) is 18.4 Å². The van der Waals surface area contributed by atoms with Crippen LogP contribution in [0.15, 0.2) is 24.3 Å². The Morgan fingerprint density at radius 3 is 2.32 bits per heavy atom. The maximum Gasteiger partial charge on any atom is 0.433 e. The Bertz CT molecular complexity index is 767. The summed E-state index contributed by atoms with van der Waals surface area (Å²) in [7, 11) is 0. The van der Waals surface area contributed by atoms with Gasteiger partial charge in [-0.1, -0.05) is 40.9 Å². The summed E-state index contributed by atoms with van der Waals surface area (Å²) in [5.41, 5.74) is -0.616. The van der Waals surface area contributed by atoms with E-state index in [9.17, 15) is 13.2 Å². The quantitative estimate of drug-likeness (QED) is 0.631. The van der Waals surface area contributed by atoms with Gasteiger partial charge in [0, 0.05) is 5.56 Å². The van der Waals surface area contributed by atoms with E-state index in [1.165, 1.54) is 18.2 Å². The predicted octanol–water partition coefficient (Wildman–Crippen LogP) is 5.79. The van der Waals surface area contributed by atoms with E-state index in [2.05, 4.69) is 4.98 Å². The molecule has 0 fully saturated rings. The molecular formula is C14H6Cl3F3N2. The van der Waals surface area contributed by atoms with Crippen LogP contribution in [0.4, 0.5) is 13.2 Å². The number of nitriles is 1. The average molecular weight is 366 g/mol. The molecule has 114 valence electrons. The predicted molar refractivity (Wildman–Crippen MR) is 79.0 cm³/mol. The molecule has 1 aromatic heterocycles. The topological polar surface area (TPSA) is 36.7 Å². The van der Waals surface area contributed by atoms with Gasteiger partial charge in [0.05, 0.1) is 33.3 Å². The first kappa shape index (κ1) is 16.9. The summed E-state index contributed by atoms with van der Waals surface area (Å²) in [4.78, 5) is 3.60. The zero-order valence-electron chi connectivity index (χ0n) is 10.7. The maximum absolute atomic E-state index is 12.8. The lowest BCUT2D eigenvalue weighted by Gasteiger charge is -2.13. The lowest BCUT2D eigenvalue weighted by Crippen LogP contribution is -2.09. The molecule has 1 aromatic carbocycles. The van der Waals surface area contributed by atoms with Gasteiger partial charge in [0.2, 0.25) is 0 Å². The highest BCUT2D eigenvalue weighted by Crippen LogP contribution is 2.39. The van der Waals surface area contributed by atoms with Crippen molar-refractivity contribution in [1.82, 2.24) is 4.98 Å². The third-order valence-electron chi connectivity index (χ3n) is 2.83. The van der Waals surface area contributed by atoms with Crippen molar-refractivity contribution >= 4 is 34.8 Å². The van der Waals surface area contributed by atoms with E-state index in [4.69, 9.17) is 40.1 Å². The summed E-state index contributed by atoms with van der Waals surface area (Å²) in [5, 5.41) is 8.98. The third kappa shape index (κ3) is 3.30. The molecule has 0 radical (unpaired) electrons. The van der Waals surface area contributed by atoms with Gasteiger partial charge >= 0.3 is 6.18 Å². The van der Waals surface area contributed by atoms with Gasteiger partial charge in [-0.15, -0.1) is 0 Å². The van der Waals surface area contributed by atoms with Crippen LogP contribution in [0.2, 0.25) is 15.1 Å². The fourth-order valence-corrected chi connectivity index (χ4v) is 2.44. The average Bonchev–Trinajstić information content (AvgIpc) is 2.45. The first-order valence-electron chi connectivity index (χ1n) is 5.83. The second-order valence-corrected chi connectivity index (χ2v) is 5.42. The summed E-state index contributed by atoms with van der Waals surface area (Å²) in [6.07, 6.45) is -4.72. The molecule has 2 nitrogen and oxygen atoms in total. The maximum atomic E-state index is 12.8. The van der Waals surface area contributed by atoms with Crippen LogP contribution in [0.3, 0.4) is 0 Å². The number of hydrogen-bond acceptors (Lipinski definition) is 2. The molecule has 0 aliphatic heterocycles.